The highest BCUT2D eigenvalue weighted by Gasteiger charge is 2.33. The van der Waals surface area contributed by atoms with Crippen LogP contribution < -0.4 is 15.4 Å². The molecule has 0 bridgehead atoms. The number of methoxy groups -OCH3 is 1. The van der Waals surface area contributed by atoms with Gasteiger partial charge >= 0.3 is 0 Å². The molecule has 2 N–H and O–H groups in total. The zero-order valence-electron chi connectivity index (χ0n) is 17.7. The Balaban J connectivity index is 1.51. The molecular weight excluding hydrogens is 388 g/mol. The van der Waals surface area contributed by atoms with E-state index in [1.165, 1.54) is 0 Å². The van der Waals surface area contributed by atoms with Gasteiger partial charge in [0, 0.05) is 16.8 Å². The molecule has 1 aliphatic rings. The topological polar surface area (TPSA) is 67.4 Å². The third-order valence-corrected chi connectivity index (χ3v) is 5.64. The molecule has 0 aromatic heterocycles. The summed E-state index contributed by atoms with van der Waals surface area (Å²) in [7, 11) is 1.64. The Morgan fingerprint density at radius 1 is 0.903 bits per heavy atom. The highest BCUT2D eigenvalue weighted by Crippen LogP contribution is 2.41. The molecule has 1 atom stereocenters. The van der Waals surface area contributed by atoms with Gasteiger partial charge in [-0.1, -0.05) is 36.4 Å². The normalized spacial score (nSPS) is 13.9. The van der Waals surface area contributed by atoms with Crippen LogP contribution in [0.25, 0.3) is 0 Å². The molecule has 5 heteroatoms. The number of carbonyl (C=O) groups excluding carboxylic acids is 2. The Hall–Kier alpha value is -3.60. The van der Waals surface area contributed by atoms with Gasteiger partial charge in [-0.05, 0) is 73.2 Å². The van der Waals surface area contributed by atoms with Crippen LogP contribution in [0.4, 0.5) is 5.69 Å². The Morgan fingerprint density at radius 3 is 2.26 bits per heavy atom. The first-order chi connectivity index (χ1) is 15.0. The summed E-state index contributed by atoms with van der Waals surface area (Å²) in [6.07, 6.45) is 2.20. The smallest absolute Gasteiger partial charge is 0.255 e. The Labute approximate surface area is 182 Å². The van der Waals surface area contributed by atoms with E-state index in [-0.39, 0.29) is 17.9 Å². The van der Waals surface area contributed by atoms with E-state index in [0.29, 0.717) is 22.7 Å². The Bertz CT molecular complexity index is 1070. The second-order valence-corrected chi connectivity index (χ2v) is 7.91. The quantitative estimate of drug-likeness (QED) is 0.563. The lowest BCUT2D eigenvalue weighted by Crippen LogP contribution is -2.30. The lowest BCUT2D eigenvalue weighted by molar-refractivity contribution is 0.0930. The van der Waals surface area contributed by atoms with Crippen molar-refractivity contribution in [2.24, 2.45) is 5.92 Å². The summed E-state index contributed by atoms with van der Waals surface area (Å²) >= 11 is 0. The van der Waals surface area contributed by atoms with Crippen molar-refractivity contribution in [1.29, 1.82) is 0 Å². The lowest BCUT2D eigenvalue weighted by atomic mass is 10.0. The number of aryl methyl sites for hydroxylation is 1. The molecule has 2 amide bonds. The fourth-order valence-electron chi connectivity index (χ4n) is 3.62. The molecule has 3 aromatic rings. The molecule has 3 aromatic carbocycles. The first-order valence-electron chi connectivity index (χ1n) is 10.5. The first-order valence-corrected chi connectivity index (χ1v) is 10.5. The van der Waals surface area contributed by atoms with E-state index in [1.807, 2.05) is 55.5 Å². The number of benzene rings is 3. The average molecular weight is 415 g/mol. The number of nitrogens with one attached hydrogen (secondary N) is 2. The van der Waals surface area contributed by atoms with Crippen molar-refractivity contribution >= 4 is 17.5 Å². The van der Waals surface area contributed by atoms with E-state index in [4.69, 9.17) is 4.74 Å². The maximum atomic E-state index is 13.1. The molecule has 1 unspecified atom stereocenters. The SMILES string of the molecule is COc1ccc(C(NC(=O)c2ccc(C)c(NC(=O)c3ccccc3)c2)C2CC2)cc1. The van der Waals surface area contributed by atoms with E-state index in [9.17, 15) is 9.59 Å². The van der Waals surface area contributed by atoms with Gasteiger partial charge in [0.25, 0.3) is 11.8 Å². The third-order valence-electron chi connectivity index (χ3n) is 5.64. The van der Waals surface area contributed by atoms with Gasteiger partial charge in [0.15, 0.2) is 0 Å². The predicted octanol–water partition coefficient (Wildman–Crippen LogP) is 5.14. The maximum absolute atomic E-state index is 13.1. The molecule has 5 nitrogen and oxygen atoms in total. The number of hydrogen-bond acceptors (Lipinski definition) is 3. The zero-order chi connectivity index (χ0) is 21.8. The third kappa shape index (κ3) is 4.94. The van der Waals surface area contributed by atoms with E-state index >= 15 is 0 Å². The van der Waals surface area contributed by atoms with Gasteiger partial charge in [-0.3, -0.25) is 9.59 Å². The van der Waals surface area contributed by atoms with Crippen LogP contribution in [0.15, 0.2) is 72.8 Å². The average Bonchev–Trinajstić information content (AvgIpc) is 3.64. The molecule has 0 spiro atoms. The highest BCUT2D eigenvalue weighted by atomic mass is 16.5. The van der Waals surface area contributed by atoms with Gasteiger partial charge in [0.2, 0.25) is 0 Å². The van der Waals surface area contributed by atoms with E-state index in [0.717, 1.165) is 29.7 Å². The molecule has 1 saturated carbocycles. The summed E-state index contributed by atoms with van der Waals surface area (Å²) < 4.78 is 5.24. The van der Waals surface area contributed by atoms with Gasteiger partial charge in [0.05, 0.1) is 13.2 Å². The number of rotatable bonds is 7. The molecule has 0 heterocycles. The predicted molar refractivity (Wildman–Crippen MR) is 121 cm³/mol. The second-order valence-electron chi connectivity index (χ2n) is 7.91. The van der Waals surface area contributed by atoms with Gasteiger partial charge in [0.1, 0.15) is 5.75 Å². The van der Waals surface area contributed by atoms with Crippen molar-refractivity contribution in [3.05, 3.63) is 95.1 Å². The largest absolute Gasteiger partial charge is 0.497 e. The maximum Gasteiger partial charge on any atom is 0.255 e. The van der Waals surface area contributed by atoms with Crippen molar-refractivity contribution in [3.63, 3.8) is 0 Å². The molecule has 0 aliphatic heterocycles. The molecule has 0 saturated heterocycles. The Morgan fingerprint density at radius 2 is 1.61 bits per heavy atom. The minimum absolute atomic E-state index is 0.0398. The van der Waals surface area contributed by atoms with Crippen LogP contribution in [0.2, 0.25) is 0 Å². The van der Waals surface area contributed by atoms with Crippen LogP contribution in [0.1, 0.15) is 50.7 Å². The van der Waals surface area contributed by atoms with Crippen LogP contribution in [0.3, 0.4) is 0 Å². The molecule has 158 valence electrons. The van der Waals surface area contributed by atoms with Crippen LogP contribution >= 0.6 is 0 Å². The highest BCUT2D eigenvalue weighted by molar-refractivity contribution is 6.05. The van der Waals surface area contributed by atoms with E-state index in [1.54, 1.807) is 31.4 Å². The summed E-state index contributed by atoms with van der Waals surface area (Å²) in [6.45, 7) is 1.91. The molecule has 31 heavy (non-hydrogen) atoms. The monoisotopic (exact) mass is 414 g/mol. The summed E-state index contributed by atoms with van der Waals surface area (Å²) in [5, 5.41) is 6.11. The summed E-state index contributed by atoms with van der Waals surface area (Å²) in [5.74, 6) is 0.889. The van der Waals surface area contributed by atoms with Crippen molar-refractivity contribution in [3.8, 4) is 5.75 Å². The number of hydrogen-bond donors (Lipinski definition) is 2. The van der Waals surface area contributed by atoms with Crippen LogP contribution in [-0.4, -0.2) is 18.9 Å². The first kappa shape index (κ1) is 20.7. The summed E-state index contributed by atoms with van der Waals surface area (Å²) in [6, 6.07) is 22.2. The van der Waals surface area contributed by atoms with E-state index < -0.39 is 0 Å². The fraction of sp³-hybridized carbons (Fsp3) is 0.231. The zero-order valence-corrected chi connectivity index (χ0v) is 17.7. The van der Waals surface area contributed by atoms with Gasteiger partial charge in [-0.2, -0.15) is 0 Å². The molecule has 1 fully saturated rings. The number of amides is 2. The minimum Gasteiger partial charge on any atom is -0.497 e. The lowest BCUT2D eigenvalue weighted by Gasteiger charge is -2.20. The minimum atomic E-state index is -0.199. The van der Waals surface area contributed by atoms with Crippen LogP contribution in [0, 0.1) is 12.8 Å². The molecule has 0 radical (unpaired) electrons. The molecular formula is C26H26N2O3. The summed E-state index contributed by atoms with van der Waals surface area (Å²) in [5.41, 5.74) is 3.70. The van der Waals surface area contributed by atoms with Crippen molar-refractivity contribution in [2.75, 3.05) is 12.4 Å². The number of ether oxygens (including phenoxy) is 1. The van der Waals surface area contributed by atoms with Gasteiger partial charge in [-0.25, -0.2) is 0 Å². The summed E-state index contributed by atoms with van der Waals surface area (Å²) in [4.78, 5) is 25.6. The van der Waals surface area contributed by atoms with Crippen molar-refractivity contribution < 1.29 is 14.3 Å². The van der Waals surface area contributed by atoms with Crippen LogP contribution in [0.5, 0.6) is 5.75 Å². The molecule has 1 aliphatic carbocycles. The Kier molecular flexibility index (Phi) is 6.03. The molecule has 4 rings (SSSR count). The number of carbonyl (C=O) groups is 2. The van der Waals surface area contributed by atoms with Crippen molar-refractivity contribution in [2.45, 2.75) is 25.8 Å². The van der Waals surface area contributed by atoms with Crippen LogP contribution in [-0.2, 0) is 0 Å². The van der Waals surface area contributed by atoms with E-state index in [2.05, 4.69) is 10.6 Å². The second kappa shape index (κ2) is 9.04. The fourth-order valence-corrected chi connectivity index (χ4v) is 3.62. The van der Waals surface area contributed by atoms with Crippen molar-refractivity contribution in [1.82, 2.24) is 5.32 Å². The van der Waals surface area contributed by atoms with Gasteiger partial charge < -0.3 is 15.4 Å². The van der Waals surface area contributed by atoms with Gasteiger partial charge in [-0.15, -0.1) is 0 Å². The number of anilines is 1. The standard InChI is InChI=1S/C26H26N2O3/c1-17-8-9-21(16-23(17)27-25(29)20-6-4-3-5-7-20)26(30)28-24(18-10-11-18)19-12-14-22(31-2)15-13-19/h3-9,12-16,18,24H,10-11H2,1-2H3,(H,27,29)(H,28,30).